The predicted octanol–water partition coefficient (Wildman–Crippen LogP) is 1.92. The largest absolute Gasteiger partial charge is 0.377 e. The van der Waals surface area contributed by atoms with Gasteiger partial charge in [0.25, 0.3) is 0 Å². The summed E-state index contributed by atoms with van der Waals surface area (Å²) in [6.45, 7) is 3.15. The Balaban J connectivity index is 2.40. The molecule has 0 spiro atoms. The predicted molar refractivity (Wildman–Crippen MR) is 53.3 cm³/mol. The lowest BCUT2D eigenvalue weighted by Gasteiger charge is -1.98. The first-order valence-electron chi connectivity index (χ1n) is 4.37. The van der Waals surface area contributed by atoms with Crippen LogP contribution in [-0.2, 0) is 11.3 Å². The normalized spacial score (nSPS) is 11.0. The van der Waals surface area contributed by atoms with Crippen LogP contribution in [0.2, 0.25) is 5.15 Å². The molecule has 0 aliphatic carbocycles. The minimum atomic E-state index is 0.468. The van der Waals surface area contributed by atoms with Crippen LogP contribution in [0.4, 0.5) is 0 Å². The van der Waals surface area contributed by atoms with Crippen LogP contribution in [0.25, 0.3) is 5.65 Å². The maximum atomic E-state index is 5.79. The average Bonchev–Trinajstić information content (AvgIpc) is 2.57. The van der Waals surface area contributed by atoms with Gasteiger partial charge in [-0.2, -0.15) is 5.10 Å². The van der Waals surface area contributed by atoms with Gasteiger partial charge in [-0.05, 0) is 13.0 Å². The maximum absolute atomic E-state index is 5.79. The van der Waals surface area contributed by atoms with Gasteiger partial charge < -0.3 is 4.74 Å². The van der Waals surface area contributed by atoms with Crippen LogP contribution in [0, 0.1) is 0 Å². The molecule has 0 aromatic carbocycles. The van der Waals surface area contributed by atoms with Gasteiger partial charge in [-0.1, -0.05) is 11.6 Å². The van der Waals surface area contributed by atoms with Gasteiger partial charge in [-0.25, -0.2) is 9.50 Å². The Morgan fingerprint density at radius 3 is 3.21 bits per heavy atom. The summed E-state index contributed by atoms with van der Waals surface area (Å²) in [5.41, 5.74) is 1.71. The van der Waals surface area contributed by atoms with Crippen molar-refractivity contribution in [1.29, 1.82) is 0 Å². The fourth-order valence-electron chi connectivity index (χ4n) is 1.21. The SMILES string of the molecule is CCOCc1cnn2ccc(Cl)nc12. The molecule has 0 aliphatic rings. The first kappa shape index (κ1) is 9.43. The Morgan fingerprint density at radius 2 is 2.43 bits per heavy atom. The summed E-state index contributed by atoms with van der Waals surface area (Å²) in [5, 5.41) is 4.60. The van der Waals surface area contributed by atoms with E-state index in [4.69, 9.17) is 16.3 Å². The molecule has 0 unspecified atom stereocenters. The lowest BCUT2D eigenvalue weighted by Crippen LogP contribution is -1.94. The van der Waals surface area contributed by atoms with Crippen molar-refractivity contribution in [2.24, 2.45) is 0 Å². The Morgan fingerprint density at radius 1 is 1.57 bits per heavy atom. The van der Waals surface area contributed by atoms with Gasteiger partial charge >= 0.3 is 0 Å². The van der Waals surface area contributed by atoms with Crippen molar-refractivity contribution in [1.82, 2.24) is 14.6 Å². The van der Waals surface area contributed by atoms with Crippen molar-refractivity contribution in [3.63, 3.8) is 0 Å². The minimum absolute atomic E-state index is 0.468. The smallest absolute Gasteiger partial charge is 0.162 e. The zero-order valence-electron chi connectivity index (χ0n) is 7.77. The van der Waals surface area contributed by atoms with E-state index < -0.39 is 0 Å². The van der Waals surface area contributed by atoms with Crippen molar-refractivity contribution in [3.8, 4) is 0 Å². The summed E-state index contributed by atoms with van der Waals surface area (Å²) >= 11 is 5.79. The third kappa shape index (κ3) is 1.71. The highest BCUT2D eigenvalue weighted by atomic mass is 35.5. The average molecular weight is 212 g/mol. The molecule has 14 heavy (non-hydrogen) atoms. The minimum Gasteiger partial charge on any atom is -0.377 e. The molecule has 2 heterocycles. The maximum Gasteiger partial charge on any atom is 0.162 e. The van der Waals surface area contributed by atoms with Crippen LogP contribution in [0.15, 0.2) is 18.5 Å². The van der Waals surface area contributed by atoms with E-state index in [1.165, 1.54) is 0 Å². The quantitative estimate of drug-likeness (QED) is 0.729. The van der Waals surface area contributed by atoms with E-state index in [-0.39, 0.29) is 0 Å². The zero-order valence-corrected chi connectivity index (χ0v) is 8.53. The van der Waals surface area contributed by atoms with Crippen molar-refractivity contribution >= 4 is 17.2 Å². The molecular weight excluding hydrogens is 202 g/mol. The fourth-order valence-corrected chi connectivity index (χ4v) is 1.34. The molecule has 0 atom stereocenters. The van der Waals surface area contributed by atoms with Crippen molar-refractivity contribution in [2.75, 3.05) is 6.61 Å². The Bertz CT molecular complexity index is 441. The van der Waals surface area contributed by atoms with Crippen LogP contribution in [-0.4, -0.2) is 21.2 Å². The van der Waals surface area contributed by atoms with Crippen molar-refractivity contribution in [2.45, 2.75) is 13.5 Å². The molecule has 0 N–H and O–H groups in total. The van der Waals surface area contributed by atoms with Crippen LogP contribution in [0.5, 0.6) is 0 Å². The number of hydrogen-bond acceptors (Lipinski definition) is 3. The lowest BCUT2D eigenvalue weighted by molar-refractivity contribution is 0.135. The van der Waals surface area contributed by atoms with Crippen LogP contribution in [0.3, 0.4) is 0 Å². The highest BCUT2D eigenvalue weighted by Crippen LogP contribution is 2.12. The van der Waals surface area contributed by atoms with Gasteiger partial charge in [0.15, 0.2) is 5.65 Å². The Hall–Kier alpha value is -1.13. The Labute approximate surface area is 86.5 Å². The van der Waals surface area contributed by atoms with Gasteiger partial charge in [-0.15, -0.1) is 0 Å². The second-order valence-electron chi connectivity index (χ2n) is 2.83. The molecular formula is C9H10ClN3O. The van der Waals surface area contributed by atoms with Crippen LogP contribution < -0.4 is 0 Å². The number of rotatable bonds is 3. The second kappa shape index (κ2) is 3.94. The van der Waals surface area contributed by atoms with Gasteiger partial charge in [0.05, 0.1) is 12.8 Å². The number of fused-ring (bicyclic) bond motifs is 1. The molecule has 2 rings (SSSR count). The summed E-state index contributed by atoms with van der Waals surface area (Å²) < 4.78 is 6.97. The number of ether oxygens (including phenoxy) is 1. The molecule has 0 saturated carbocycles. The number of hydrogen-bond donors (Lipinski definition) is 0. The number of halogens is 1. The van der Waals surface area contributed by atoms with Gasteiger partial charge in [0.1, 0.15) is 5.15 Å². The molecule has 2 aromatic rings. The number of nitrogens with zero attached hydrogens (tertiary/aromatic N) is 3. The summed E-state index contributed by atoms with van der Waals surface area (Å²) in [7, 11) is 0. The van der Waals surface area contributed by atoms with E-state index in [0.717, 1.165) is 11.2 Å². The molecule has 0 radical (unpaired) electrons. The standard InChI is InChI=1S/C9H10ClN3O/c1-2-14-6-7-5-11-13-4-3-8(10)12-9(7)13/h3-5H,2,6H2,1H3. The highest BCUT2D eigenvalue weighted by Gasteiger charge is 2.05. The van der Waals surface area contributed by atoms with E-state index in [1.54, 1.807) is 23.0 Å². The lowest BCUT2D eigenvalue weighted by atomic mass is 10.3. The molecule has 0 bridgehead atoms. The monoisotopic (exact) mass is 211 g/mol. The fraction of sp³-hybridized carbons (Fsp3) is 0.333. The van der Waals surface area contributed by atoms with Crippen LogP contribution in [0.1, 0.15) is 12.5 Å². The third-order valence-electron chi connectivity index (χ3n) is 1.87. The van der Waals surface area contributed by atoms with Crippen molar-refractivity contribution < 1.29 is 4.74 Å². The summed E-state index contributed by atoms with van der Waals surface area (Å²) in [6, 6.07) is 1.70. The van der Waals surface area contributed by atoms with E-state index in [1.807, 2.05) is 6.92 Å². The van der Waals surface area contributed by atoms with Gasteiger partial charge in [0.2, 0.25) is 0 Å². The molecule has 5 heteroatoms. The highest BCUT2D eigenvalue weighted by molar-refractivity contribution is 6.29. The molecule has 2 aromatic heterocycles. The summed E-state index contributed by atoms with van der Waals surface area (Å²) in [4.78, 5) is 4.17. The van der Waals surface area contributed by atoms with Gasteiger partial charge in [0, 0.05) is 18.4 Å². The van der Waals surface area contributed by atoms with Crippen LogP contribution >= 0.6 is 11.6 Å². The summed E-state index contributed by atoms with van der Waals surface area (Å²) in [5.74, 6) is 0. The topological polar surface area (TPSA) is 39.4 Å². The van der Waals surface area contributed by atoms with E-state index in [9.17, 15) is 0 Å². The molecule has 74 valence electrons. The number of aromatic nitrogens is 3. The van der Waals surface area contributed by atoms with E-state index >= 15 is 0 Å². The molecule has 0 saturated heterocycles. The zero-order chi connectivity index (χ0) is 9.97. The molecule has 0 aliphatic heterocycles. The Kier molecular flexibility index (Phi) is 2.65. The van der Waals surface area contributed by atoms with E-state index in [2.05, 4.69) is 10.1 Å². The molecule has 0 amide bonds. The van der Waals surface area contributed by atoms with Gasteiger partial charge in [-0.3, -0.25) is 0 Å². The second-order valence-corrected chi connectivity index (χ2v) is 3.21. The first-order chi connectivity index (χ1) is 6.81. The van der Waals surface area contributed by atoms with E-state index in [0.29, 0.717) is 18.4 Å². The molecule has 0 fully saturated rings. The first-order valence-corrected chi connectivity index (χ1v) is 4.75. The summed E-state index contributed by atoms with van der Waals surface area (Å²) in [6.07, 6.45) is 3.52. The molecule has 4 nitrogen and oxygen atoms in total. The third-order valence-corrected chi connectivity index (χ3v) is 2.08. The van der Waals surface area contributed by atoms with Crippen molar-refractivity contribution in [3.05, 3.63) is 29.2 Å².